The number of nitrogens with one attached hydrogen (secondary N) is 1. The van der Waals surface area contributed by atoms with Crippen LogP contribution in [0.2, 0.25) is 0 Å². The molecule has 0 saturated heterocycles. The first kappa shape index (κ1) is 13.3. The second-order valence-electron chi connectivity index (χ2n) is 4.37. The van der Waals surface area contributed by atoms with Crippen LogP contribution in [0.3, 0.4) is 0 Å². The minimum Gasteiger partial charge on any atom is -0.481 e. The molecule has 0 aliphatic rings. The van der Waals surface area contributed by atoms with Crippen LogP contribution in [0, 0.1) is 12.7 Å². The third-order valence-corrected chi connectivity index (χ3v) is 3.07. The van der Waals surface area contributed by atoms with Gasteiger partial charge in [0.15, 0.2) is 0 Å². The lowest BCUT2D eigenvalue weighted by molar-refractivity contribution is -0.139. The first-order chi connectivity index (χ1) is 9.04. The Hall–Kier alpha value is -2.17. The average Bonchev–Trinajstić information content (AvgIpc) is 2.72. The highest BCUT2D eigenvalue weighted by Crippen LogP contribution is 2.27. The van der Waals surface area contributed by atoms with Crippen LogP contribution in [-0.4, -0.2) is 21.0 Å². The molecular formula is C14H15FN2O2. The summed E-state index contributed by atoms with van der Waals surface area (Å²) in [4.78, 5) is 18.3. The van der Waals surface area contributed by atoms with Crippen molar-refractivity contribution in [1.29, 1.82) is 0 Å². The Morgan fingerprint density at radius 2 is 2.16 bits per heavy atom. The van der Waals surface area contributed by atoms with Gasteiger partial charge in [-0.25, -0.2) is 9.37 Å². The molecule has 0 saturated carbocycles. The maximum absolute atomic E-state index is 13.7. The van der Waals surface area contributed by atoms with Crippen molar-refractivity contribution < 1.29 is 14.3 Å². The molecule has 5 heteroatoms. The molecule has 0 fully saturated rings. The Morgan fingerprint density at radius 1 is 1.47 bits per heavy atom. The van der Waals surface area contributed by atoms with Crippen molar-refractivity contribution in [3.63, 3.8) is 0 Å². The first-order valence-electron chi connectivity index (χ1n) is 6.08. The summed E-state index contributed by atoms with van der Waals surface area (Å²) >= 11 is 0. The molecule has 0 amide bonds. The van der Waals surface area contributed by atoms with Crippen molar-refractivity contribution in [1.82, 2.24) is 9.97 Å². The van der Waals surface area contributed by atoms with Crippen LogP contribution in [0.15, 0.2) is 24.3 Å². The number of aromatic amines is 1. The maximum Gasteiger partial charge on any atom is 0.314 e. The normalized spacial score (nSPS) is 12.4. The summed E-state index contributed by atoms with van der Waals surface area (Å²) in [6.07, 6.45) is 0.430. The second-order valence-corrected chi connectivity index (χ2v) is 4.37. The average molecular weight is 262 g/mol. The van der Waals surface area contributed by atoms with E-state index in [1.165, 1.54) is 6.07 Å². The number of H-pyrrole nitrogens is 1. The summed E-state index contributed by atoms with van der Waals surface area (Å²) in [7, 11) is 0. The highest BCUT2D eigenvalue weighted by atomic mass is 19.1. The number of rotatable bonds is 4. The predicted octanol–water partition coefficient (Wildman–Crippen LogP) is 3.10. The molecule has 4 nitrogen and oxygen atoms in total. The van der Waals surface area contributed by atoms with E-state index in [4.69, 9.17) is 5.11 Å². The largest absolute Gasteiger partial charge is 0.481 e. The number of aryl methyl sites for hydroxylation is 1. The molecule has 19 heavy (non-hydrogen) atoms. The summed E-state index contributed by atoms with van der Waals surface area (Å²) in [5.74, 6) is -1.63. The van der Waals surface area contributed by atoms with E-state index in [0.29, 0.717) is 29.2 Å². The fraction of sp³-hybridized carbons (Fsp3) is 0.286. The lowest BCUT2D eigenvalue weighted by Crippen LogP contribution is -2.12. The second kappa shape index (κ2) is 5.22. The molecule has 1 aromatic heterocycles. The molecule has 0 radical (unpaired) electrons. The standard InChI is InChI=1S/C14H15FN2O2/c1-3-9(14(18)19)13-16-8(2)12(17-13)10-6-4-5-7-11(10)15/h4-7,9H,3H2,1-2H3,(H,16,17)(H,18,19). The van der Waals surface area contributed by atoms with Crippen LogP contribution in [0.4, 0.5) is 4.39 Å². The number of imidazole rings is 1. The van der Waals surface area contributed by atoms with E-state index in [2.05, 4.69) is 9.97 Å². The topological polar surface area (TPSA) is 66.0 Å². The Morgan fingerprint density at radius 3 is 2.74 bits per heavy atom. The van der Waals surface area contributed by atoms with E-state index >= 15 is 0 Å². The molecule has 2 aromatic rings. The van der Waals surface area contributed by atoms with E-state index in [1.807, 2.05) is 0 Å². The Labute approximate surface area is 110 Å². The molecule has 1 aromatic carbocycles. The van der Waals surface area contributed by atoms with Gasteiger partial charge < -0.3 is 10.1 Å². The number of aliphatic carboxylic acids is 1. The van der Waals surface area contributed by atoms with Crippen LogP contribution in [-0.2, 0) is 4.79 Å². The minimum absolute atomic E-state index is 0.366. The molecule has 0 spiro atoms. The number of carbonyl (C=O) groups is 1. The molecule has 1 heterocycles. The van der Waals surface area contributed by atoms with Gasteiger partial charge >= 0.3 is 5.97 Å². The molecule has 2 rings (SSSR count). The Bertz CT molecular complexity index is 607. The fourth-order valence-electron chi connectivity index (χ4n) is 2.05. The SMILES string of the molecule is CCC(C(=O)O)c1nc(-c2ccccc2F)c(C)[nH]1. The Kier molecular flexibility index (Phi) is 3.64. The van der Waals surface area contributed by atoms with Gasteiger partial charge in [0, 0.05) is 11.3 Å². The van der Waals surface area contributed by atoms with Crippen LogP contribution in [0.5, 0.6) is 0 Å². The van der Waals surface area contributed by atoms with Gasteiger partial charge in [0.2, 0.25) is 0 Å². The van der Waals surface area contributed by atoms with Gasteiger partial charge in [0.25, 0.3) is 0 Å². The van der Waals surface area contributed by atoms with E-state index < -0.39 is 11.9 Å². The number of benzene rings is 1. The minimum atomic E-state index is -0.934. The smallest absolute Gasteiger partial charge is 0.314 e. The van der Waals surface area contributed by atoms with Crippen molar-refractivity contribution >= 4 is 5.97 Å². The number of halogens is 1. The number of carboxylic acid groups (broad SMARTS) is 1. The summed E-state index contributed by atoms with van der Waals surface area (Å²) in [6, 6.07) is 6.32. The molecule has 1 atom stereocenters. The van der Waals surface area contributed by atoms with Crippen molar-refractivity contribution in [2.45, 2.75) is 26.2 Å². The van der Waals surface area contributed by atoms with Crippen molar-refractivity contribution in [3.8, 4) is 11.3 Å². The van der Waals surface area contributed by atoms with Gasteiger partial charge in [-0.15, -0.1) is 0 Å². The quantitative estimate of drug-likeness (QED) is 0.889. The van der Waals surface area contributed by atoms with Crippen molar-refractivity contribution in [2.75, 3.05) is 0 Å². The lowest BCUT2D eigenvalue weighted by atomic mass is 10.1. The zero-order valence-corrected chi connectivity index (χ0v) is 10.8. The molecule has 0 bridgehead atoms. The van der Waals surface area contributed by atoms with Crippen LogP contribution in [0.1, 0.15) is 30.8 Å². The summed E-state index contributed by atoms with van der Waals surface area (Å²) in [5, 5.41) is 9.12. The number of aromatic nitrogens is 2. The highest BCUT2D eigenvalue weighted by Gasteiger charge is 2.23. The van der Waals surface area contributed by atoms with Gasteiger partial charge in [-0.2, -0.15) is 0 Å². The van der Waals surface area contributed by atoms with Crippen LogP contribution < -0.4 is 0 Å². The van der Waals surface area contributed by atoms with Gasteiger partial charge in [-0.3, -0.25) is 4.79 Å². The van der Waals surface area contributed by atoms with E-state index in [-0.39, 0.29) is 5.82 Å². The van der Waals surface area contributed by atoms with Crippen LogP contribution in [0.25, 0.3) is 11.3 Å². The number of nitrogens with zero attached hydrogens (tertiary/aromatic N) is 1. The zero-order chi connectivity index (χ0) is 14.0. The molecule has 100 valence electrons. The van der Waals surface area contributed by atoms with E-state index in [1.54, 1.807) is 32.0 Å². The molecule has 0 aliphatic carbocycles. The Balaban J connectivity index is 2.48. The lowest BCUT2D eigenvalue weighted by Gasteiger charge is -2.05. The fourth-order valence-corrected chi connectivity index (χ4v) is 2.05. The van der Waals surface area contributed by atoms with Gasteiger partial charge in [0.05, 0.1) is 5.69 Å². The maximum atomic E-state index is 13.7. The predicted molar refractivity (Wildman–Crippen MR) is 69.4 cm³/mol. The van der Waals surface area contributed by atoms with E-state index in [9.17, 15) is 9.18 Å². The van der Waals surface area contributed by atoms with Crippen molar-refractivity contribution in [3.05, 3.63) is 41.6 Å². The molecule has 0 aliphatic heterocycles. The summed E-state index contributed by atoms with van der Waals surface area (Å²) in [6.45, 7) is 3.53. The summed E-state index contributed by atoms with van der Waals surface area (Å²) < 4.78 is 13.7. The van der Waals surface area contributed by atoms with E-state index in [0.717, 1.165) is 0 Å². The highest BCUT2D eigenvalue weighted by molar-refractivity contribution is 5.75. The third-order valence-electron chi connectivity index (χ3n) is 3.07. The first-order valence-corrected chi connectivity index (χ1v) is 6.08. The van der Waals surface area contributed by atoms with Crippen molar-refractivity contribution in [2.24, 2.45) is 0 Å². The molecular weight excluding hydrogens is 247 g/mol. The number of carboxylic acids is 1. The number of hydrogen-bond acceptors (Lipinski definition) is 2. The monoisotopic (exact) mass is 262 g/mol. The molecule has 1 unspecified atom stereocenters. The van der Waals surface area contributed by atoms with Crippen LogP contribution >= 0.6 is 0 Å². The van der Waals surface area contributed by atoms with Gasteiger partial charge in [-0.1, -0.05) is 19.1 Å². The van der Waals surface area contributed by atoms with Gasteiger partial charge in [-0.05, 0) is 25.5 Å². The zero-order valence-electron chi connectivity index (χ0n) is 10.8. The third kappa shape index (κ3) is 2.50. The molecule has 2 N–H and O–H groups in total. The van der Waals surface area contributed by atoms with Gasteiger partial charge in [0.1, 0.15) is 17.6 Å². The summed E-state index contributed by atoms with van der Waals surface area (Å²) in [5.41, 5.74) is 1.51. The number of hydrogen-bond donors (Lipinski definition) is 2.